The molecular formula is C26H20Br2S2. The first-order chi connectivity index (χ1) is 14.3. The monoisotopic (exact) mass is 554 g/mol. The first-order valence-electron chi connectivity index (χ1n) is 9.83. The molecule has 3 aromatic carbocycles. The molecule has 0 fully saturated rings. The minimum absolute atomic E-state index is 1.11. The Kier molecular flexibility index (Phi) is 5.18. The Morgan fingerprint density at radius 3 is 1.27 bits per heavy atom. The van der Waals surface area contributed by atoms with Gasteiger partial charge in [-0.3, -0.25) is 0 Å². The molecule has 5 aromatic rings. The van der Waals surface area contributed by atoms with Crippen molar-refractivity contribution in [1.82, 2.24) is 0 Å². The fourth-order valence-electron chi connectivity index (χ4n) is 4.50. The molecule has 0 aliphatic heterocycles. The predicted octanol–water partition coefficient (Wildman–Crippen LogP) is 10.2. The molecule has 0 amide bonds. The van der Waals surface area contributed by atoms with Crippen molar-refractivity contribution < 1.29 is 0 Å². The highest BCUT2D eigenvalue weighted by Crippen LogP contribution is 2.49. The largest absolute Gasteiger partial charge is 0.145 e. The van der Waals surface area contributed by atoms with E-state index in [1.54, 1.807) is 0 Å². The minimum Gasteiger partial charge on any atom is -0.145 e. The van der Waals surface area contributed by atoms with Crippen molar-refractivity contribution in [2.45, 2.75) is 27.7 Å². The van der Waals surface area contributed by atoms with Gasteiger partial charge >= 0.3 is 0 Å². The molecule has 0 aliphatic rings. The third kappa shape index (κ3) is 3.29. The van der Waals surface area contributed by atoms with Gasteiger partial charge in [0.1, 0.15) is 0 Å². The van der Waals surface area contributed by atoms with E-state index in [0.717, 1.165) is 8.95 Å². The van der Waals surface area contributed by atoms with Crippen LogP contribution in [0.2, 0.25) is 0 Å². The summed E-state index contributed by atoms with van der Waals surface area (Å²) in [7, 11) is 0. The van der Waals surface area contributed by atoms with E-state index in [-0.39, 0.29) is 0 Å². The van der Waals surface area contributed by atoms with Gasteiger partial charge in [0.15, 0.2) is 0 Å². The van der Waals surface area contributed by atoms with Crippen molar-refractivity contribution in [3.8, 4) is 22.3 Å². The average molecular weight is 556 g/mol. The van der Waals surface area contributed by atoms with Crippen LogP contribution in [0.5, 0.6) is 0 Å². The van der Waals surface area contributed by atoms with Crippen molar-refractivity contribution in [3.05, 3.63) is 77.0 Å². The van der Waals surface area contributed by atoms with E-state index in [9.17, 15) is 0 Å². The summed E-state index contributed by atoms with van der Waals surface area (Å²) in [5.41, 5.74) is 5.39. The fourth-order valence-corrected chi connectivity index (χ4v) is 7.09. The predicted molar refractivity (Wildman–Crippen MR) is 142 cm³/mol. The molecule has 2 heterocycles. The van der Waals surface area contributed by atoms with Crippen molar-refractivity contribution in [1.29, 1.82) is 0 Å². The van der Waals surface area contributed by atoms with E-state index in [0.29, 0.717) is 0 Å². The number of thiophene rings is 2. The van der Waals surface area contributed by atoms with Gasteiger partial charge in [-0.15, -0.1) is 22.7 Å². The summed E-state index contributed by atoms with van der Waals surface area (Å²) in [5, 5.41) is 5.20. The van der Waals surface area contributed by atoms with Crippen molar-refractivity contribution in [3.63, 3.8) is 0 Å². The lowest BCUT2D eigenvalue weighted by Crippen LogP contribution is -1.92. The van der Waals surface area contributed by atoms with Crippen LogP contribution in [0.25, 0.3) is 43.8 Å². The SMILES string of the molecule is Cc1cc(-c2c(-c3cc(C)sc3C)c3cc(Br)ccc3c3ccc(Br)cc23)c(C)s1. The topological polar surface area (TPSA) is 0 Å². The lowest BCUT2D eigenvalue weighted by Gasteiger charge is -2.19. The molecule has 0 aliphatic carbocycles. The van der Waals surface area contributed by atoms with Crippen LogP contribution in [0, 0.1) is 27.7 Å². The maximum Gasteiger partial charge on any atom is 0.0181 e. The van der Waals surface area contributed by atoms with Gasteiger partial charge in [-0.25, -0.2) is 0 Å². The van der Waals surface area contributed by atoms with Crippen LogP contribution >= 0.6 is 54.5 Å². The van der Waals surface area contributed by atoms with Crippen LogP contribution in [-0.2, 0) is 0 Å². The Morgan fingerprint density at radius 1 is 0.533 bits per heavy atom. The van der Waals surface area contributed by atoms with Gasteiger partial charge in [0.05, 0.1) is 0 Å². The zero-order valence-corrected chi connectivity index (χ0v) is 22.0. The summed E-state index contributed by atoms with van der Waals surface area (Å²) in [6, 6.07) is 18.1. The molecule has 0 radical (unpaired) electrons. The first-order valence-corrected chi connectivity index (χ1v) is 13.0. The third-order valence-corrected chi connectivity index (χ3v) is 8.58. The summed E-state index contributed by atoms with van der Waals surface area (Å²) in [6.45, 7) is 8.90. The smallest absolute Gasteiger partial charge is 0.0181 e. The molecule has 0 spiro atoms. The molecule has 2 aromatic heterocycles. The Hall–Kier alpha value is -1.46. The molecule has 4 heteroatoms. The highest BCUT2D eigenvalue weighted by atomic mass is 79.9. The van der Waals surface area contributed by atoms with Crippen molar-refractivity contribution in [2.75, 3.05) is 0 Å². The van der Waals surface area contributed by atoms with Crippen molar-refractivity contribution in [2.24, 2.45) is 0 Å². The van der Waals surface area contributed by atoms with Gasteiger partial charge < -0.3 is 0 Å². The quantitative estimate of drug-likeness (QED) is 0.190. The van der Waals surface area contributed by atoms with Crippen LogP contribution < -0.4 is 0 Å². The first kappa shape index (κ1) is 20.4. The van der Waals surface area contributed by atoms with Crippen LogP contribution in [0.15, 0.2) is 57.5 Å². The Balaban J connectivity index is 2.10. The lowest BCUT2D eigenvalue weighted by molar-refractivity contribution is 1.56. The van der Waals surface area contributed by atoms with Gasteiger partial charge in [-0.2, -0.15) is 0 Å². The zero-order chi connectivity index (χ0) is 21.2. The number of fused-ring (bicyclic) bond motifs is 3. The molecular weight excluding hydrogens is 536 g/mol. The van der Waals surface area contributed by atoms with Gasteiger partial charge in [-0.05, 0) is 108 Å². The molecule has 5 rings (SSSR count). The summed E-state index contributed by atoms with van der Waals surface area (Å²) in [5.74, 6) is 0. The normalized spacial score (nSPS) is 11.7. The van der Waals surface area contributed by atoms with E-state index < -0.39 is 0 Å². The lowest BCUT2D eigenvalue weighted by atomic mass is 9.85. The zero-order valence-electron chi connectivity index (χ0n) is 17.2. The van der Waals surface area contributed by atoms with Gasteiger partial charge in [0.2, 0.25) is 0 Å². The van der Waals surface area contributed by atoms with Crippen LogP contribution in [-0.4, -0.2) is 0 Å². The Labute approximate surface area is 201 Å². The number of hydrogen-bond acceptors (Lipinski definition) is 2. The molecule has 0 N–H and O–H groups in total. The maximum absolute atomic E-state index is 3.74. The maximum atomic E-state index is 3.74. The summed E-state index contributed by atoms with van der Waals surface area (Å²) in [6.07, 6.45) is 0. The number of benzene rings is 3. The van der Waals surface area contributed by atoms with E-state index in [4.69, 9.17) is 0 Å². The van der Waals surface area contributed by atoms with E-state index in [1.807, 2.05) is 22.7 Å². The standard InChI is InChI=1S/C26H20Br2S2/c1-13-9-21(15(3)29-13)25-23-11-17(27)5-7-19(23)20-8-6-18(28)12-24(20)26(25)22-10-14(2)30-16(22)4/h5-12H,1-4H3. The second-order valence-electron chi connectivity index (χ2n) is 7.78. The fraction of sp³-hybridized carbons (Fsp3) is 0.154. The second-order valence-corrected chi connectivity index (χ2v) is 12.5. The molecule has 0 unspecified atom stereocenters. The highest BCUT2D eigenvalue weighted by molar-refractivity contribution is 9.10. The molecule has 0 nitrogen and oxygen atoms in total. The number of hydrogen-bond donors (Lipinski definition) is 0. The van der Waals surface area contributed by atoms with Crippen LogP contribution in [0.4, 0.5) is 0 Å². The molecule has 0 saturated carbocycles. The summed E-state index contributed by atoms with van der Waals surface area (Å²) >= 11 is 11.2. The molecule has 150 valence electrons. The van der Waals surface area contributed by atoms with E-state index in [2.05, 4.69) is 108 Å². The van der Waals surface area contributed by atoms with E-state index >= 15 is 0 Å². The second kappa shape index (κ2) is 7.59. The third-order valence-electron chi connectivity index (χ3n) is 5.66. The number of halogens is 2. The van der Waals surface area contributed by atoms with Gasteiger partial charge in [0.25, 0.3) is 0 Å². The van der Waals surface area contributed by atoms with Crippen LogP contribution in [0.1, 0.15) is 19.5 Å². The number of aryl methyl sites for hydroxylation is 4. The van der Waals surface area contributed by atoms with Crippen molar-refractivity contribution >= 4 is 76.1 Å². The number of rotatable bonds is 2. The highest BCUT2D eigenvalue weighted by Gasteiger charge is 2.22. The van der Waals surface area contributed by atoms with Gasteiger partial charge in [-0.1, -0.05) is 44.0 Å². The summed E-state index contributed by atoms with van der Waals surface area (Å²) < 4.78 is 2.22. The van der Waals surface area contributed by atoms with E-state index in [1.165, 1.54) is 63.3 Å². The Morgan fingerprint density at radius 2 is 0.933 bits per heavy atom. The summed E-state index contributed by atoms with van der Waals surface area (Å²) in [4.78, 5) is 5.44. The minimum atomic E-state index is 1.11. The Bertz CT molecular complexity index is 1340. The average Bonchev–Trinajstić information content (AvgIpc) is 3.19. The molecule has 0 atom stereocenters. The molecule has 0 bridgehead atoms. The van der Waals surface area contributed by atoms with Gasteiger partial charge in [0, 0.05) is 28.5 Å². The molecule has 30 heavy (non-hydrogen) atoms. The van der Waals surface area contributed by atoms with Crippen LogP contribution in [0.3, 0.4) is 0 Å². The molecule has 0 saturated heterocycles.